The normalized spacial score (nSPS) is 12.6. The van der Waals surface area contributed by atoms with Crippen LogP contribution in [0.3, 0.4) is 0 Å². The van der Waals surface area contributed by atoms with Gasteiger partial charge in [0, 0.05) is 26.7 Å². The van der Waals surface area contributed by atoms with E-state index in [0.29, 0.717) is 0 Å². The van der Waals surface area contributed by atoms with Gasteiger partial charge < -0.3 is 5.32 Å². The average molecular weight is 370 g/mol. The Morgan fingerprint density at radius 1 is 1.19 bits per heavy atom. The van der Waals surface area contributed by atoms with Crippen molar-refractivity contribution in [2.45, 2.75) is 39.2 Å². The molecule has 1 heterocycles. The minimum Gasteiger partial charge on any atom is -0.310 e. The first-order valence-electron chi connectivity index (χ1n) is 7.40. The Morgan fingerprint density at radius 3 is 2.57 bits per heavy atom. The fraction of sp³-hybridized carbons (Fsp3) is 0.412. The molecule has 0 amide bonds. The maximum atomic E-state index is 13.3. The molecule has 2 aromatic rings. The standard InChI is InChI=1S/C17H21BrFNS/c1-3-9-20-17(11-14-7-6-13(4-2)21-14)15-8-5-12(19)10-16(15)18/h5-8,10,17,20H,3-4,9,11H2,1-2H3. The number of nitrogens with one attached hydrogen (secondary N) is 1. The highest BCUT2D eigenvalue weighted by Crippen LogP contribution is 2.29. The maximum absolute atomic E-state index is 13.3. The van der Waals surface area contributed by atoms with E-state index in [9.17, 15) is 4.39 Å². The molecular formula is C17H21BrFNS. The Labute approximate surface area is 138 Å². The summed E-state index contributed by atoms with van der Waals surface area (Å²) >= 11 is 5.36. The molecule has 1 N–H and O–H groups in total. The lowest BCUT2D eigenvalue weighted by molar-refractivity contribution is 0.528. The van der Waals surface area contributed by atoms with Crippen LogP contribution in [0.25, 0.3) is 0 Å². The van der Waals surface area contributed by atoms with Crippen molar-refractivity contribution in [2.75, 3.05) is 6.54 Å². The Morgan fingerprint density at radius 2 is 1.95 bits per heavy atom. The number of rotatable bonds is 7. The number of aryl methyl sites for hydroxylation is 1. The van der Waals surface area contributed by atoms with Crippen molar-refractivity contribution < 1.29 is 4.39 Å². The summed E-state index contributed by atoms with van der Waals surface area (Å²) in [5.41, 5.74) is 1.12. The van der Waals surface area contributed by atoms with Gasteiger partial charge in [-0.05, 0) is 49.2 Å². The van der Waals surface area contributed by atoms with Gasteiger partial charge in [-0.25, -0.2) is 4.39 Å². The van der Waals surface area contributed by atoms with Gasteiger partial charge in [0.2, 0.25) is 0 Å². The van der Waals surface area contributed by atoms with Crippen LogP contribution in [0.1, 0.15) is 41.6 Å². The molecule has 0 aliphatic heterocycles. The lowest BCUT2D eigenvalue weighted by Crippen LogP contribution is -2.24. The minimum atomic E-state index is -0.204. The first-order valence-corrected chi connectivity index (χ1v) is 9.00. The summed E-state index contributed by atoms with van der Waals surface area (Å²) in [4.78, 5) is 2.79. The topological polar surface area (TPSA) is 12.0 Å². The molecule has 0 radical (unpaired) electrons. The molecule has 4 heteroatoms. The molecule has 1 atom stereocenters. The third kappa shape index (κ3) is 4.63. The van der Waals surface area contributed by atoms with E-state index in [2.05, 4.69) is 47.2 Å². The van der Waals surface area contributed by atoms with Crippen molar-refractivity contribution >= 4 is 27.3 Å². The van der Waals surface area contributed by atoms with Gasteiger partial charge in [-0.3, -0.25) is 0 Å². The largest absolute Gasteiger partial charge is 0.310 e. The van der Waals surface area contributed by atoms with E-state index in [1.54, 1.807) is 6.07 Å². The number of benzene rings is 1. The van der Waals surface area contributed by atoms with Crippen LogP contribution in [0.5, 0.6) is 0 Å². The molecule has 0 saturated heterocycles. The summed E-state index contributed by atoms with van der Waals surface area (Å²) in [5, 5.41) is 3.58. The molecule has 1 aromatic heterocycles. The smallest absolute Gasteiger partial charge is 0.124 e. The van der Waals surface area contributed by atoms with Crippen LogP contribution in [0.15, 0.2) is 34.8 Å². The Balaban J connectivity index is 2.20. The highest BCUT2D eigenvalue weighted by Gasteiger charge is 2.16. The summed E-state index contributed by atoms with van der Waals surface area (Å²) in [5.74, 6) is -0.204. The van der Waals surface area contributed by atoms with Gasteiger partial charge in [0.1, 0.15) is 5.82 Å². The van der Waals surface area contributed by atoms with E-state index in [4.69, 9.17) is 0 Å². The molecule has 0 bridgehead atoms. The van der Waals surface area contributed by atoms with Crippen LogP contribution < -0.4 is 5.32 Å². The number of halogens is 2. The van der Waals surface area contributed by atoms with Crippen LogP contribution in [0.4, 0.5) is 4.39 Å². The second-order valence-electron chi connectivity index (χ2n) is 5.10. The lowest BCUT2D eigenvalue weighted by atomic mass is 10.0. The fourth-order valence-electron chi connectivity index (χ4n) is 2.32. The van der Waals surface area contributed by atoms with Crippen LogP contribution in [-0.4, -0.2) is 6.54 Å². The Bertz CT molecular complexity index is 582. The van der Waals surface area contributed by atoms with E-state index in [-0.39, 0.29) is 11.9 Å². The van der Waals surface area contributed by atoms with Crippen molar-refractivity contribution in [2.24, 2.45) is 0 Å². The highest BCUT2D eigenvalue weighted by atomic mass is 79.9. The summed E-state index contributed by atoms with van der Waals surface area (Å²) in [6, 6.07) is 9.58. The van der Waals surface area contributed by atoms with Gasteiger partial charge in [0.25, 0.3) is 0 Å². The van der Waals surface area contributed by atoms with Gasteiger partial charge in [-0.2, -0.15) is 0 Å². The minimum absolute atomic E-state index is 0.204. The summed E-state index contributed by atoms with van der Waals surface area (Å²) in [6.45, 7) is 5.30. The van der Waals surface area contributed by atoms with Crippen LogP contribution in [0, 0.1) is 5.82 Å². The first-order chi connectivity index (χ1) is 10.1. The Kier molecular flexibility index (Phi) is 6.40. The lowest BCUT2D eigenvalue weighted by Gasteiger charge is -2.20. The van der Waals surface area contributed by atoms with Gasteiger partial charge in [-0.15, -0.1) is 11.3 Å². The van der Waals surface area contributed by atoms with Crippen LogP contribution in [0.2, 0.25) is 0 Å². The second kappa shape index (κ2) is 8.06. The van der Waals surface area contributed by atoms with Crippen LogP contribution in [-0.2, 0) is 12.8 Å². The van der Waals surface area contributed by atoms with Crippen molar-refractivity contribution in [1.29, 1.82) is 0 Å². The van der Waals surface area contributed by atoms with E-state index < -0.39 is 0 Å². The second-order valence-corrected chi connectivity index (χ2v) is 7.21. The van der Waals surface area contributed by atoms with E-state index in [1.807, 2.05) is 17.4 Å². The number of hydrogen-bond donors (Lipinski definition) is 1. The molecular weight excluding hydrogens is 349 g/mol. The monoisotopic (exact) mass is 369 g/mol. The zero-order chi connectivity index (χ0) is 15.2. The highest BCUT2D eigenvalue weighted by molar-refractivity contribution is 9.10. The van der Waals surface area contributed by atoms with E-state index >= 15 is 0 Å². The molecule has 1 unspecified atom stereocenters. The molecule has 114 valence electrons. The van der Waals surface area contributed by atoms with E-state index in [1.165, 1.54) is 15.8 Å². The van der Waals surface area contributed by atoms with Crippen molar-refractivity contribution in [1.82, 2.24) is 5.32 Å². The zero-order valence-corrected chi connectivity index (χ0v) is 14.9. The van der Waals surface area contributed by atoms with Gasteiger partial charge in [-0.1, -0.05) is 35.8 Å². The van der Waals surface area contributed by atoms with Crippen molar-refractivity contribution in [3.8, 4) is 0 Å². The third-order valence-electron chi connectivity index (χ3n) is 3.45. The molecule has 0 aliphatic carbocycles. The van der Waals surface area contributed by atoms with E-state index in [0.717, 1.165) is 35.8 Å². The number of thiophene rings is 1. The molecule has 21 heavy (non-hydrogen) atoms. The molecule has 0 spiro atoms. The van der Waals surface area contributed by atoms with Gasteiger partial charge >= 0.3 is 0 Å². The zero-order valence-electron chi connectivity index (χ0n) is 12.5. The quantitative estimate of drug-likeness (QED) is 0.679. The predicted octanol–water partition coefficient (Wildman–Crippen LogP) is 5.50. The average Bonchev–Trinajstić information content (AvgIpc) is 2.91. The summed E-state index contributed by atoms with van der Waals surface area (Å²) < 4.78 is 14.1. The van der Waals surface area contributed by atoms with Gasteiger partial charge in [0.05, 0.1) is 0 Å². The third-order valence-corrected chi connectivity index (χ3v) is 5.39. The molecule has 2 rings (SSSR count). The summed E-state index contributed by atoms with van der Waals surface area (Å²) in [7, 11) is 0. The first kappa shape index (κ1) is 16.7. The summed E-state index contributed by atoms with van der Waals surface area (Å²) in [6.07, 6.45) is 3.10. The van der Waals surface area contributed by atoms with Crippen molar-refractivity contribution in [3.63, 3.8) is 0 Å². The maximum Gasteiger partial charge on any atom is 0.124 e. The van der Waals surface area contributed by atoms with Crippen LogP contribution >= 0.6 is 27.3 Å². The molecule has 1 aromatic carbocycles. The molecule has 1 nitrogen and oxygen atoms in total. The molecule has 0 fully saturated rings. The van der Waals surface area contributed by atoms with Crippen molar-refractivity contribution in [3.05, 3.63) is 55.9 Å². The number of hydrogen-bond acceptors (Lipinski definition) is 2. The van der Waals surface area contributed by atoms with Gasteiger partial charge in [0.15, 0.2) is 0 Å². The Hall–Kier alpha value is -0.710. The predicted molar refractivity (Wildman–Crippen MR) is 92.5 cm³/mol. The molecule has 0 saturated carbocycles. The fourth-order valence-corrected chi connectivity index (χ4v) is 3.95. The molecule has 0 aliphatic rings. The SMILES string of the molecule is CCCNC(Cc1ccc(CC)s1)c1ccc(F)cc1Br.